The summed E-state index contributed by atoms with van der Waals surface area (Å²) in [4.78, 5) is 41.3. The minimum absolute atomic E-state index is 0.0689. The number of amides is 2. The maximum absolute atomic E-state index is 13.8. The van der Waals surface area contributed by atoms with Crippen molar-refractivity contribution in [2.45, 2.75) is 77.4 Å². The van der Waals surface area contributed by atoms with Crippen LogP contribution in [0.15, 0.2) is 30.3 Å². The van der Waals surface area contributed by atoms with Gasteiger partial charge in [-0.15, -0.1) is 0 Å². The summed E-state index contributed by atoms with van der Waals surface area (Å²) in [6.07, 6.45) is 6.07. The maximum Gasteiger partial charge on any atom is 0.358 e. The molecule has 0 radical (unpaired) electrons. The van der Waals surface area contributed by atoms with Gasteiger partial charge in [-0.3, -0.25) is 19.2 Å². The highest BCUT2D eigenvalue weighted by molar-refractivity contribution is 6.12. The van der Waals surface area contributed by atoms with E-state index in [1.54, 1.807) is 18.7 Å². The topological polar surface area (TPSA) is 93.5 Å². The lowest BCUT2D eigenvalue weighted by Gasteiger charge is -2.44. The predicted molar refractivity (Wildman–Crippen MR) is 124 cm³/mol. The van der Waals surface area contributed by atoms with E-state index in [0.29, 0.717) is 5.69 Å². The van der Waals surface area contributed by atoms with E-state index in [1.807, 2.05) is 31.2 Å². The van der Waals surface area contributed by atoms with Crippen molar-refractivity contribution in [3.05, 3.63) is 47.3 Å². The predicted octanol–water partition coefficient (Wildman–Crippen LogP) is 3.49. The van der Waals surface area contributed by atoms with Gasteiger partial charge in [0, 0.05) is 17.8 Å². The van der Waals surface area contributed by atoms with Gasteiger partial charge in [0.2, 0.25) is 5.91 Å². The zero-order chi connectivity index (χ0) is 23.6. The number of aromatic nitrogens is 2. The molecule has 33 heavy (non-hydrogen) atoms. The first kappa shape index (κ1) is 23.0. The fourth-order valence-corrected chi connectivity index (χ4v) is 4.79. The molecule has 0 saturated heterocycles. The summed E-state index contributed by atoms with van der Waals surface area (Å²) in [6.45, 7) is 5.89. The summed E-state index contributed by atoms with van der Waals surface area (Å²) in [5.41, 5.74) is 0.862. The van der Waals surface area contributed by atoms with E-state index in [9.17, 15) is 14.4 Å². The first-order chi connectivity index (χ1) is 15.9. The molecule has 8 nitrogen and oxygen atoms in total. The molecule has 1 atom stereocenters. The number of hydrogen-bond donors (Lipinski definition) is 1. The molecule has 8 heteroatoms. The molecule has 0 bridgehead atoms. The van der Waals surface area contributed by atoms with Crippen LogP contribution in [-0.4, -0.2) is 45.8 Å². The van der Waals surface area contributed by atoms with Crippen LogP contribution in [0.2, 0.25) is 0 Å². The second-order valence-corrected chi connectivity index (χ2v) is 9.04. The zero-order valence-corrected chi connectivity index (χ0v) is 19.6. The van der Waals surface area contributed by atoms with Crippen LogP contribution in [-0.2, 0) is 22.5 Å². The zero-order valence-electron chi connectivity index (χ0n) is 19.6. The number of aryl methyl sites for hydroxylation is 1. The summed E-state index contributed by atoms with van der Waals surface area (Å²) >= 11 is 0. The van der Waals surface area contributed by atoms with Gasteiger partial charge in [-0.25, -0.2) is 4.79 Å². The number of esters is 1. The third-order valence-corrected chi connectivity index (χ3v) is 6.64. The molecule has 2 amide bonds. The van der Waals surface area contributed by atoms with Gasteiger partial charge < -0.3 is 10.1 Å². The molecule has 1 saturated carbocycles. The Morgan fingerprint density at radius 1 is 1.18 bits per heavy atom. The lowest BCUT2D eigenvalue weighted by atomic mass is 9.91. The Labute approximate surface area is 194 Å². The van der Waals surface area contributed by atoms with Gasteiger partial charge in [0.05, 0.1) is 13.2 Å². The second kappa shape index (κ2) is 9.37. The molecule has 176 valence electrons. The molecule has 2 aromatic rings. The first-order valence-corrected chi connectivity index (χ1v) is 11.9. The summed E-state index contributed by atoms with van der Waals surface area (Å²) in [5, 5.41) is 7.51. The van der Waals surface area contributed by atoms with Crippen molar-refractivity contribution in [1.29, 1.82) is 0 Å². The second-order valence-electron chi connectivity index (χ2n) is 9.04. The van der Waals surface area contributed by atoms with E-state index in [2.05, 4.69) is 10.4 Å². The van der Waals surface area contributed by atoms with E-state index >= 15 is 0 Å². The van der Waals surface area contributed by atoms with Gasteiger partial charge in [0.25, 0.3) is 5.91 Å². The third-order valence-electron chi connectivity index (χ3n) is 6.64. The fourth-order valence-electron chi connectivity index (χ4n) is 4.79. The fraction of sp³-hybridized carbons (Fsp3) is 0.520. The monoisotopic (exact) mass is 452 g/mol. The minimum Gasteiger partial charge on any atom is -0.461 e. The van der Waals surface area contributed by atoms with Crippen LogP contribution < -0.4 is 10.2 Å². The highest BCUT2D eigenvalue weighted by Crippen LogP contribution is 2.34. The molecule has 2 aliphatic rings. The number of fused-ring (bicyclic) bond motifs is 1. The van der Waals surface area contributed by atoms with Crippen molar-refractivity contribution in [3.63, 3.8) is 0 Å². The smallest absolute Gasteiger partial charge is 0.358 e. The van der Waals surface area contributed by atoms with Crippen LogP contribution in [0.1, 0.15) is 79.4 Å². The Balaban J connectivity index is 1.75. The van der Waals surface area contributed by atoms with Crippen molar-refractivity contribution in [1.82, 2.24) is 15.1 Å². The average molecular weight is 453 g/mol. The quantitative estimate of drug-likeness (QED) is 0.677. The van der Waals surface area contributed by atoms with E-state index in [0.717, 1.165) is 37.7 Å². The highest BCUT2D eigenvalue weighted by atomic mass is 16.5. The molecular formula is C25H32N4O4. The molecule has 1 aliphatic carbocycles. The molecule has 1 aliphatic heterocycles. The van der Waals surface area contributed by atoms with Gasteiger partial charge in [0.15, 0.2) is 5.69 Å². The van der Waals surface area contributed by atoms with Gasteiger partial charge >= 0.3 is 5.97 Å². The average Bonchev–Trinajstić information content (AvgIpc) is 3.24. The number of anilines is 1. The lowest BCUT2D eigenvalue weighted by Crippen LogP contribution is -2.65. The molecule has 1 aromatic heterocycles. The number of rotatable bonds is 6. The molecule has 4 rings (SSSR count). The summed E-state index contributed by atoms with van der Waals surface area (Å²) in [7, 11) is 0. The molecule has 0 spiro atoms. The Hall–Kier alpha value is -3.16. The standard InChI is InChI=1S/C25H32N4O4/c1-4-17-10-9-13-19(14-17)29-22(30)21-15-20(23(31)33-5-2)27-28(21)16-25(29,3)24(32)26-18-11-7-6-8-12-18/h9-10,13-15,18H,4-8,11-12,16H2,1-3H3,(H,26,32). The van der Waals surface area contributed by atoms with Gasteiger partial charge in [-0.1, -0.05) is 38.3 Å². The van der Waals surface area contributed by atoms with Crippen LogP contribution in [0.5, 0.6) is 0 Å². The number of benzene rings is 1. The van der Waals surface area contributed by atoms with E-state index in [1.165, 1.54) is 17.2 Å². The summed E-state index contributed by atoms with van der Waals surface area (Å²) < 4.78 is 6.53. The number of nitrogens with zero attached hydrogens (tertiary/aromatic N) is 3. The normalized spacial score (nSPS) is 20.9. The summed E-state index contributed by atoms with van der Waals surface area (Å²) in [5.74, 6) is -1.15. The van der Waals surface area contributed by atoms with Crippen LogP contribution in [0, 0.1) is 0 Å². The van der Waals surface area contributed by atoms with Gasteiger partial charge in [-0.2, -0.15) is 5.10 Å². The van der Waals surface area contributed by atoms with Crippen LogP contribution in [0.4, 0.5) is 5.69 Å². The van der Waals surface area contributed by atoms with Crippen molar-refractivity contribution >= 4 is 23.5 Å². The lowest BCUT2D eigenvalue weighted by molar-refractivity contribution is -0.127. The van der Waals surface area contributed by atoms with Crippen molar-refractivity contribution < 1.29 is 19.1 Å². The van der Waals surface area contributed by atoms with Crippen LogP contribution >= 0.6 is 0 Å². The first-order valence-electron chi connectivity index (χ1n) is 11.9. The van der Waals surface area contributed by atoms with Gasteiger partial charge in [0.1, 0.15) is 11.2 Å². The molecule has 1 fully saturated rings. The number of nitrogens with one attached hydrogen (secondary N) is 1. The van der Waals surface area contributed by atoms with Crippen molar-refractivity contribution in [2.75, 3.05) is 11.5 Å². The van der Waals surface area contributed by atoms with Crippen LogP contribution in [0.3, 0.4) is 0 Å². The number of carbonyl (C=O) groups excluding carboxylic acids is 3. The van der Waals surface area contributed by atoms with Crippen molar-refractivity contribution in [3.8, 4) is 0 Å². The highest BCUT2D eigenvalue weighted by Gasteiger charge is 2.49. The molecule has 1 N–H and O–H groups in total. The SMILES string of the molecule is CCOC(=O)c1cc2n(n1)CC(C)(C(=O)NC1CCCCC1)N(c1cccc(CC)c1)C2=O. The Kier molecular flexibility index (Phi) is 6.54. The van der Waals surface area contributed by atoms with E-state index < -0.39 is 11.5 Å². The Morgan fingerprint density at radius 2 is 1.94 bits per heavy atom. The number of hydrogen-bond acceptors (Lipinski definition) is 5. The number of carbonyl (C=O) groups is 3. The molecule has 1 unspecified atom stereocenters. The van der Waals surface area contributed by atoms with Crippen LogP contribution in [0.25, 0.3) is 0 Å². The Bertz CT molecular complexity index is 1060. The molecule has 2 heterocycles. The largest absolute Gasteiger partial charge is 0.461 e. The Morgan fingerprint density at radius 3 is 2.64 bits per heavy atom. The minimum atomic E-state index is -1.20. The van der Waals surface area contributed by atoms with Gasteiger partial charge in [-0.05, 0) is 50.8 Å². The summed E-state index contributed by atoms with van der Waals surface area (Å²) in [6, 6.07) is 9.26. The van der Waals surface area contributed by atoms with Crippen molar-refractivity contribution in [2.24, 2.45) is 0 Å². The maximum atomic E-state index is 13.8. The number of ether oxygens (including phenoxy) is 1. The van der Waals surface area contributed by atoms with E-state index in [4.69, 9.17) is 4.74 Å². The third kappa shape index (κ3) is 4.38. The van der Waals surface area contributed by atoms with E-state index in [-0.39, 0.29) is 42.4 Å². The molecular weight excluding hydrogens is 420 g/mol. The molecule has 1 aromatic carbocycles.